The van der Waals surface area contributed by atoms with Crippen molar-refractivity contribution in [2.45, 2.75) is 13.0 Å². The summed E-state index contributed by atoms with van der Waals surface area (Å²) in [5.41, 5.74) is 0.952. The molecule has 1 unspecified atom stereocenters. The number of aliphatic carboxylic acids is 1. The Morgan fingerprint density at radius 2 is 2.07 bits per heavy atom. The molecule has 1 rings (SSSR count). The second-order valence-electron chi connectivity index (χ2n) is 3.07. The van der Waals surface area contributed by atoms with Crippen LogP contribution in [0.4, 0.5) is 0 Å². The van der Waals surface area contributed by atoms with Crippen LogP contribution in [0.5, 0.6) is 5.75 Å². The fraction of sp³-hybridized carbons (Fsp3) is 0.273. The maximum atomic E-state index is 10.3. The SMILES string of the molecule is COc1ccc(C(C)N=CC(=O)O)cc1. The molecule has 0 aliphatic rings. The summed E-state index contributed by atoms with van der Waals surface area (Å²) in [6.07, 6.45) is 0.912. The van der Waals surface area contributed by atoms with E-state index in [1.807, 2.05) is 31.2 Å². The van der Waals surface area contributed by atoms with Crippen molar-refractivity contribution in [3.63, 3.8) is 0 Å². The fourth-order valence-corrected chi connectivity index (χ4v) is 1.14. The first-order valence-electron chi connectivity index (χ1n) is 4.53. The Bertz CT molecular complexity index is 357. The first-order chi connectivity index (χ1) is 7.13. The molecule has 4 nitrogen and oxygen atoms in total. The van der Waals surface area contributed by atoms with Gasteiger partial charge in [-0.3, -0.25) is 4.99 Å². The first kappa shape index (κ1) is 11.2. The molecule has 0 aromatic heterocycles. The van der Waals surface area contributed by atoms with Crippen LogP contribution in [-0.4, -0.2) is 24.4 Å². The van der Waals surface area contributed by atoms with Crippen LogP contribution in [0.2, 0.25) is 0 Å². The molecule has 0 fully saturated rings. The molecule has 1 N–H and O–H groups in total. The van der Waals surface area contributed by atoms with Crippen LogP contribution in [0, 0.1) is 0 Å². The van der Waals surface area contributed by atoms with Gasteiger partial charge in [0, 0.05) is 0 Å². The van der Waals surface area contributed by atoms with Gasteiger partial charge in [0.1, 0.15) is 12.0 Å². The summed E-state index contributed by atoms with van der Waals surface area (Å²) in [6, 6.07) is 7.21. The minimum absolute atomic E-state index is 0.160. The van der Waals surface area contributed by atoms with Crippen molar-refractivity contribution >= 4 is 12.2 Å². The van der Waals surface area contributed by atoms with Gasteiger partial charge in [-0.2, -0.15) is 0 Å². The van der Waals surface area contributed by atoms with E-state index in [0.717, 1.165) is 17.5 Å². The number of ether oxygens (including phenoxy) is 1. The lowest BCUT2D eigenvalue weighted by Crippen LogP contribution is -1.98. The van der Waals surface area contributed by atoms with Crippen molar-refractivity contribution in [3.8, 4) is 5.75 Å². The maximum Gasteiger partial charge on any atom is 0.346 e. The van der Waals surface area contributed by atoms with Crippen LogP contribution in [0.1, 0.15) is 18.5 Å². The molecule has 1 aromatic carbocycles. The van der Waals surface area contributed by atoms with Crippen molar-refractivity contribution in [1.82, 2.24) is 0 Å². The molecular formula is C11H13NO3. The number of hydrogen-bond donors (Lipinski definition) is 1. The van der Waals surface area contributed by atoms with Crippen molar-refractivity contribution in [3.05, 3.63) is 29.8 Å². The molecule has 15 heavy (non-hydrogen) atoms. The van der Waals surface area contributed by atoms with E-state index in [2.05, 4.69) is 4.99 Å². The average molecular weight is 207 g/mol. The minimum Gasteiger partial charge on any atom is -0.497 e. The molecule has 0 saturated heterocycles. The van der Waals surface area contributed by atoms with Gasteiger partial charge in [0.25, 0.3) is 0 Å². The molecule has 80 valence electrons. The molecule has 0 radical (unpaired) electrons. The zero-order valence-corrected chi connectivity index (χ0v) is 8.68. The molecule has 0 amide bonds. The normalized spacial score (nSPS) is 12.7. The molecule has 0 aliphatic heterocycles. The van der Waals surface area contributed by atoms with Gasteiger partial charge in [-0.25, -0.2) is 4.79 Å². The zero-order chi connectivity index (χ0) is 11.3. The smallest absolute Gasteiger partial charge is 0.346 e. The molecule has 0 heterocycles. The van der Waals surface area contributed by atoms with Crippen LogP contribution in [0.25, 0.3) is 0 Å². The zero-order valence-electron chi connectivity index (χ0n) is 8.68. The number of benzene rings is 1. The third kappa shape index (κ3) is 3.42. The van der Waals surface area contributed by atoms with Gasteiger partial charge in [-0.15, -0.1) is 0 Å². The molecule has 1 aromatic rings. The third-order valence-corrected chi connectivity index (χ3v) is 2.01. The Hall–Kier alpha value is -1.84. The van der Waals surface area contributed by atoms with Crippen molar-refractivity contribution in [2.75, 3.05) is 7.11 Å². The van der Waals surface area contributed by atoms with E-state index in [9.17, 15) is 4.79 Å². The molecule has 0 bridgehead atoms. The highest BCUT2D eigenvalue weighted by Crippen LogP contribution is 2.19. The second-order valence-corrected chi connectivity index (χ2v) is 3.07. The van der Waals surface area contributed by atoms with E-state index < -0.39 is 5.97 Å². The minimum atomic E-state index is -1.03. The van der Waals surface area contributed by atoms with Gasteiger partial charge < -0.3 is 9.84 Å². The van der Waals surface area contributed by atoms with Crippen molar-refractivity contribution < 1.29 is 14.6 Å². The summed E-state index contributed by atoms with van der Waals surface area (Å²) in [7, 11) is 1.60. The van der Waals surface area contributed by atoms with Gasteiger partial charge in [0.15, 0.2) is 0 Å². The molecule has 4 heteroatoms. The maximum absolute atomic E-state index is 10.3. The van der Waals surface area contributed by atoms with E-state index in [0.29, 0.717) is 0 Å². The van der Waals surface area contributed by atoms with E-state index in [-0.39, 0.29) is 6.04 Å². The van der Waals surface area contributed by atoms with Crippen LogP contribution in [-0.2, 0) is 4.79 Å². The lowest BCUT2D eigenvalue weighted by Gasteiger charge is -2.06. The van der Waals surface area contributed by atoms with Gasteiger partial charge in [-0.1, -0.05) is 12.1 Å². The van der Waals surface area contributed by atoms with E-state index in [4.69, 9.17) is 9.84 Å². The number of rotatable bonds is 4. The molecule has 0 aliphatic carbocycles. The Morgan fingerprint density at radius 1 is 1.47 bits per heavy atom. The number of carboxylic acid groups (broad SMARTS) is 1. The third-order valence-electron chi connectivity index (χ3n) is 2.01. The predicted molar refractivity (Wildman–Crippen MR) is 57.5 cm³/mol. The second kappa shape index (κ2) is 5.14. The Kier molecular flexibility index (Phi) is 3.85. The average Bonchev–Trinajstić information content (AvgIpc) is 2.26. The number of carboxylic acids is 1. The van der Waals surface area contributed by atoms with Crippen LogP contribution >= 0.6 is 0 Å². The number of nitrogens with zero attached hydrogens (tertiary/aromatic N) is 1. The van der Waals surface area contributed by atoms with Crippen molar-refractivity contribution in [2.24, 2.45) is 4.99 Å². The van der Waals surface area contributed by atoms with Crippen molar-refractivity contribution in [1.29, 1.82) is 0 Å². The van der Waals surface area contributed by atoms with E-state index >= 15 is 0 Å². The molecule has 0 saturated carbocycles. The van der Waals surface area contributed by atoms with Gasteiger partial charge in [0.2, 0.25) is 0 Å². The van der Waals surface area contributed by atoms with E-state index in [1.165, 1.54) is 0 Å². The van der Waals surface area contributed by atoms with Gasteiger partial charge in [0.05, 0.1) is 13.2 Å². The van der Waals surface area contributed by atoms with Gasteiger partial charge in [-0.05, 0) is 24.6 Å². The standard InChI is InChI=1S/C11H13NO3/c1-8(12-7-11(13)14)9-3-5-10(15-2)6-4-9/h3-8H,1-2H3,(H,13,14). The molecule has 0 spiro atoms. The predicted octanol–water partition coefficient (Wildman–Crippen LogP) is 1.91. The Balaban J connectivity index is 2.74. The fourth-order valence-electron chi connectivity index (χ4n) is 1.14. The lowest BCUT2D eigenvalue weighted by molar-refractivity contribution is -0.128. The quantitative estimate of drug-likeness (QED) is 0.767. The summed E-state index contributed by atoms with van der Waals surface area (Å²) in [4.78, 5) is 14.2. The Labute approximate surface area is 88.2 Å². The summed E-state index contributed by atoms with van der Waals surface area (Å²) >= 11 is 0. The largest absolute Gasteiger partial charge is 0.497 e. The number of aliphatic imine (C=N–C) groups is 1. The van der Waals surface area contributed by atoms with Gasteiger partial charge >= 0.3 is 5.97 Å². The summed E-state index contributed by atoms with van der Waals surface area (Å²) in [5, 5.41) is 8.42. The van der Waals surface area contributed by atoms with Crippen LogP contribution in [0.3, 0.4) is 0 Å². The number of carbonyl (C=O) groups is 1. The topological polar surface area (TPSA) is 58.9 Å². The first-order valence-corrected chi connectivity index (χ1v) is 4.53. The summed E-state index contributed by atoms with van der Waals surface area (Å²) in [5.74, 6) is -0.261. The highest BCUT2D eigenvalue weighted by Gasteiger charge is 2.02. The number of methoxy groups -OCH3 is 1. The summed E-state index contributed by atoms with van der Waals surface area (Å²) < 4.78 is 5.01. The Morgan fingerprint density at radius 3 is 2.53 bits per heavy atom. The molecular weight excluding hydrogens is 194 g/mol. The molecule has 1 atom stereocenters. The van der Waals surface area contributed by atoms with E-state index in [1.54, 1.807) is 7.11 Å². The highest BCUT2D eigenvalue weighted by atomic mass is 16.5. The number of hydrogen-bond acceptors (Lipinski definition) is 3. The monoisotopic (exact) mass is 207 g/mol. The van der Waals surface area contributed by atoms with Crippen LogP contribution < -0.4 is 4.74 Å². The lowest BCUT2D eigenvalue weighted by atomic mass is 10.1. The highest BCUT2D eigenvalue weighted by molar-refractivity contribution is 6.22. The summed E-state index contributed by atoms with van der Waals surface area (Å²) in [6.45, 7) is 1.83. The van der Waals surface area contributed by atoms with Crippen LogP contribution in [0.15, 0.2) is 29.3 Å².